The zero-order chi connectivity index (χ0) is 12.0. The second-order valence-corrected chi connectivity index (χ2v) is 3.49. The van der Waals surface area contributed by atoms with Gasteiger partial charge in [-0.25, -0.2) is 0 Å². The van der Waals surface area contributed by atoms with Crippen LogP contribution in [-0.4, -0.2) is 5.78 Å². The van der Waals surface area contributed by atoms with Gasteiger partial charge >= 0.3 is 0 Å². The van der Waals surface area contributed by atoms with Gasteiger partial charge in [-0.3, -0.25) is 4.79 Å². The number of rotatable bonds is 4. The van der Waals surface area contributed by atoms with E-state index in [1.54, 1.807) is 6.92 Å². The van der Waals surface area contributed by atoms with E-state index in [1.165, 1.54) is 6.92 Å². The monoisotopic (exact) mass is 214 g/mol. The number of anilines is 1. The van der Waals surface area contributed by atoms with Crippen LogP contribution in [0.4, 0.5) is 5.69 Å². The minimum Gasteiger partial charge on any atom is -0.359 e. The van der Waals surface area contributed by atoms with Crippen LogP contribution in [0.3, 0.4) is 0 Å². The van der Waals surface area contributed by atoms with Crippen molar-refractivity contribution in [2.45, 2.75) is 20.3 Å². The maximum Gasteiger partial charge on any atom is 0.158 e. The second-order valence-electron chi connectivity index (χ2n) is 3.49. The minimum atomic E-state index is -0.0671. The quantitative estimate of drug-likeness (QED) is 0.784. The van der Waals surface area contributed by atoms with Gasteiger partial charge in [-0.1, -0.05) is 18.2 Å². The second kappa shape index (κ2) is 5.72. The van der Waals surface area contributed by atoms with Crippen LogP contribution in [0.2, 0.25) is 0 Å². The molecule has 16 heavy (non-hydrogen) atoms. The van der Waals surface area contributed by atoms with Gasteiger partial charge in [0.05, 0.1) is 12.5 Å². The van der Waals surface area contributed by atoms with Gasteiger partial charge < -0.3 is 5.32 Å². The summed E-state index contributed by atoms with van der Waals surface area (Å²) in [6, 6.07) is 11.6. The Morgan fingerprint density at radius 1 is 1.31 bits per heavy atom. The molecule has 1 N–H and O–H groups in total. The molecule has 0 atom stereocenters. The first-order valence-electron chi connectivity index (χ1n) is 5.05. The SMILES string of the molecule is CC(=O)/C(CC#N)=C(/C)Nc1ccccc1. The van der Waals surface area contributed by atoms with Gasteiger partial charge in [-0.2, -0.15) is 5.26 Å². The number of carbonyl (C=O) groups is 1. The Hall–Kier alpha value is -2.08. The lowest BCUT2D eigenvalue weighted by molar-refractivity contribution is -0.113. The molecule has 0 spiro atoms. The van der Waals surface area contributed by atoms with E-state index in [4.69, 9.17) is 5.26 Å². The molecule has 1 rings (SSSR count). The molecule has 0 fully saturated rings. The van der Waals surface area contributed by atoms with Crippen LogP contribution >= 0.6 is 0 Å². The topological polar surface area (TPSA) is 52.9 Å². The molecular formula is C13H14N2O. The van der Waals surface area contributed by atoms with Crippen molar-refractivity contribution in [1.29, 1.82) is 5.26 Å². The number of para-hydroxylation sites is 1. The van der Waals surface area contributed by atoms with Crippen molar-refractivity contribution < 1.29 is 4.79 Å². The number of benzene rings is 1. The maximum atomic E-state index is 11.3. The Balaban J connectivity index is 2.90. The fourth-order valence-corrected chi connectivity index (χ4v) is 1.41. The molecule has 3 nitrogen and oxygen atoms in total. The number of hydrogen-bond donors (Lipinski definition) is 1. The molecule has 0 bridgehead atoms. The molecule has 0 aromatic heterocycles. The van der Waals surface area contributed by atoms with E-state index in [0.29, 0.717) is 5.57 Å². The van der Waals surface area contributed by atoms with E-state index in [2.05, 4.69) is 5.32 Å². The molecule has 1 aromatic carbocycles. The summed E-state index contributed by atoms with van der Waals surface area (Å²) in [6.07, 6.45) is 0.140. The molecule has 0 aliphatic carbocycles. The van der Waals surface area contributed by atoms with Crippen molar-refractivity contribution >= 4 is 11.5 Å². The molecule has 1 aromatic rings. The molecule has 82 valence electrons. The first-order chi connectivity index (χ1) is 7.65. The molecule has 0 heterocycles. The third kappa shape index (κ3) is 3.25. The Labute approximate surface area is 95.4 Å². The van der Waals surface area contributed by atoms with E-state index in [9.17, 15) is 4.79 Å². The zero-order valence-electron chi connectivity index (χ0n) is 9.45. The van der Waals surface area contributed by atoms with Crippen LogP contribution in [0.5, 0.6) is 0 Å². The van der Waals surface area contributed by atoms with Gasteiger partial charge in [-0.05, 0) is 26.0 Å². The van der Waals surface area contributed by atoms with Gasteiger partial charge in [0.25, 0.3) is 0 Å². The van der Waals surface area contributed by atoms with E-state index in [-0.39, 0.29) is 12.2 Å². The van der Waals surface area contributed by atoms with Crippen LogP contribution in [0.15, 0.2) is 41.6 Å². The van der Waals surface area contributed by atoms with Crippen LogP contribution in [0.25, 0.3) is 0 Å². The fourth-order valence-electron chi connectivity index (χ4n) is 1.41. The summed E-state index contributed by atoms with van der Waals surface area (Å²) in [7, 11) is 0. The third-order valence-corrected chi connectivity index (χ3v) is 2.24. The van der Waals surface area contributed by atoms with E-state index in [1.807, 2.05) is 36.4 Å². The predicted molar refractivity (Wildman–Crippen MR) is 63.7 cm³/mol. The van der Waals surface area contributed by atoms with Crippen molar-refractivity contribution in [3.05, 3.63) is 41.6 Å². The van der Waals surface area contributed by atoms with Crippen molar-refractivity contribution in [3.63, 3.8) is 0 Å². The van der Waals surface area contributed by atoms with Crippen LogP contribution in [0, 0.1) is 11.3 Å². The summed E-state index contributed by atoms with van der Waals surface area (Å²) in [6.45, 7) is 3.28. The lowest BCUT2D eigenvalue weighted by Gasteiger charge is -2.09. The molecule has 0 aliphatic heterocycles. The lowest BCUT2D eigenvalue weighted by Crippen LogP contribution is -2.06. The number of nitriles is 1. The highest BCUT2D eigenvalue weighted by atomic mass is 16.1. The summed E-state index contributed by atoms with van der Waals surface area (Å²) in [5.74, 6) is -0.0671. The smallest absolute Gasteiger partial charge is 0.158 e. The summed E-state index contributed by atoms with van der Waals surface area (Å²) >= 11 is 0. The first kappa shape index (κ1) is 12.0. The number of Topliss-reactive ketones (excluding diaryl/α,β-unsaturated/α-hetero) is 1. The molecule has 0 saturated carbocycles. The Morgan fingerprint density at radius 3 is 2.44 bits per heavy atom. The average molecular weight is 214 g/mol. The number of allylic oxidation sites excluding steroid dienone is 2. The number of nitrogens with zero attached hydrogens (tertiary/aromatic N) is 1. The molecule has 0 unspecified atom stereocenters. The summed E-state index contributed by atoms with van der Waals surface area (Å²) in [5, 5.41) is 11.8. The average Bonchev–Trinajstić information content (AvgIpc) is 2.26. The number of hydrogen-bond acceptors (Lipinski definition) is 3. The highest BCUT2D eigenvalue weighted by molar-refractivity contribution is 5.94. The minimum absolute atomic E-state index is 0.0671. The Morgan fingerprint density at radius 2 is 1.94 bits per heavy atom. The fraction of sp³-hybridized carbons (Fsp3) is 0.231. The van der Waals surface area contributed by atoms with Gasteiger partial charge in [0.1, 0.15) is 0 Å². The first-order valence-corrected chi connectivity index (χ1v) is 5.05. The third-order valence-electron chi connectivity index (χ3n) is 2.24. The van der Waals surface area contributed by atoms with Crippen molar-refractivity contribution in [2.24, 2.45) is 0 Å². The van der Waals surface area contributed by atoms with Gasteiger partial charge in [0.15, 0.2) is 5.78 Å². The molecular weight excluding hydrogens is 200 g/mol. The zero-order valence-corrected chi connectivity index (χ0v) is 9.45. The number of nitrogens with one attached hydrogen (secondary N) is 1. The summed E-state index contributed by atoms with van der Waals surface area (Å²) < 4.78 is 0. The molecule has 0 saturated heterocycles. The van der Waals surface area contributed by atoms with E-state index >= 15 is 0 Å². The highest BCUT2D eigenvalue weighted by Gasteiger charge is 2.07. The predicted octanol–water partition coefficient (Wildman–Crippen LogP) is 2.88. The van der Waals surface area contributed by atoms with Gasteiger partial charge in [0, 0.05) is 17.0 Å². The van der Waals surface area contributed by atoms with Gasteiger partial charge in [-0.15, -0.1) is 0 Å². The molecule has 0 amide bonds. The number of carbonyl (C=O) groups excluding carboxylic acids is 1. The van der Waals surface area contributed by atoms with E-state index < -0.39 is 0 Å². The van der Waals surface area contributed by atoms with Crippen LogP contribution < -0.4 is 5.32 Å². The van der Waals surface area contributed by atoms with Crippen LogP contribution in [-0.2, 0) is 4.79 Å². The molecule has 3 heteroatoms. The van der Waals surface area contributed by atoms with Crippen molar-refractivity contribution in [2.75, 3.05) is 5.32 Å². The van der Waals surface area contributed by atoms with Gasteiger partial charge in [0.2, 0.25) is 0 Å². The molecule has 0 radical (unpaired) electrons. The maximum absolute atomic E-state index is 11.3. The lowest BCUT2D eigenvalue weighted by atomic mass is 10.1. The largest absolute Gasteiger partial charge is 0.359 e. The normalized spacial score (nSPS) is 11.3. The highest BCUT2D eigenvalue weighted by Crippen LogP contribution is 2.14. The number of ketones is 1. The molecule has 0 aliphatic rings. The van der Waals surface area contributed by atoms with Crippen LogP contribution in [0.1, 0.15) is 20.3 Å². The summed E-state index contributed by atoms with van der Waals surface area (Å²) in [4.78, 5) is 11.3. The Kier molecular flexibility index (Phi) is 4.28. The standard InChI is InChI=1S/C13H14N2O/c1-10(13(8-9-14)11(2)16)15-12-6-4-3-5-7-12/h3-7,15H,8H2,1-2H3/b13-10-. The van der Waals surface area contributed by atoms with Crippen molar-refractivity contribution in [1.82, 2.24) is 0 Å². The van der Waals surface area contributed by atoms with E-state index in [0.717, 1.165) is 11.4 Å². The van der Waals surface area contributed by atoms with Crippen molar-refractivity contribution in [3.8, 4) is 6.07 Å². The summed E-state index contributed by atoms with van der Waals surface area (Å²) in [5.41, 5.74) is 2.18. The Bertz CT molecular complexity index is 441.